The Hall–Kier alpha value is -2.29. The molecule has 1 aromatic heterocycles. The van der Waals surface area contributed by atoms with Gasteiger partial charge in [0, 0.05) is 28.9 Å². The van der Waals surface area contributed by atoms with E-state index in [1.165, 1.54) is 35.4 Å². The van der Waals surface area contributed by atoms with Crippen molar-refractivity contribution in [2.24, 2.45) is 0 Å². The molecule has 2 heterocycles. The number of hydrogen-bond donors (Lipinski definition) is 0. The van der Waals surface area contributed by atoms with Gasteiger partial charge in [0.2, 0.25) is 0 Å². The number of nitro benzene ring substituents is 1. The number of nitro groups is 1. The topological polar surface area (TPSA) is 76.3 Å². The Morgan fingerprint density at radius 1 is 1.38 bits per heavy atom. The summed E-state index contributed by atoms with van der Waals surface area (Å²) in [5, 5.41) is 11.2. The van der Waals surface area contributed by atoms with Crippen LogP contribution in [0, 0.1) is 10.1 Å². The molecule has 1 amide bonds. The van der Waals surface area contributed by atoms with Crippen LogP contribution in [0.15, 0.2) is 47.6 Å². The lowest BCUT2D eigenvalue weighted by Gasteiger charge is -2.13. The maximum absolute atomic E-state index is 12.6. The molecular weight excluding hydrogens is 370 g/mol. The molecule has 0 aliphatic carbocycles. The monoisotopic (exact) mass is 377 g/mol. The fraction of sp³-hybridized carbons (Fsp3) is 0. The molecule has 1 aliphatic rings. The molecule has 0 saturated carbocycles. The minimum atomic E-state index is -0.519. The molecule has 3 rings (SSSR count). The highest BCUT2D eigenvalue weighted by Crippen LogP contribution is 2.37. The molecule has 2 aromatic rings. The standard InChI is InChI=1S/C15H8ClN3O3S2/c16-12-4-3-10(19(21)22)6-9(12)7-13-14(20)18(15(23)24-13)11-2-1-5-17-8-11/h1-8H/b13-7-. The largest absolute Gasteiger partial charge is 0.270 e. The van der Waals surface area contributed by atoms with Crippen LogP contribution < -0.4 is 4.90 Å². The van der Waals surface area contributed by atoms with Crippen molar-refractivity contribution >= 4 is 63.3 Å². The average Bonchev–Trinajstić information content (AvgIpc) is 2.84. The van der Waals surface area contributed by atoms with Gasteiger partial charge in [0.05, 0.1) is 21.7 Å². The number of carbonyl (C=O) groups is 1. The first-order valence-electron chi connectivity index (χ1n) is 6.59. The number of aromatic nitrogens is 1. The number of amides is 1. The van der Waals surface area contributed by atoms with Gasteiger partial charge in [0.15, 0.2) is 4.32 Å². The third-order valence-electron chi connectivity index (χ3n) is 3.17. The van der Waals surface area contributed by atoms with Gasteiger partial charge in [-0.1, -0.05) is 35.6 Å². The first-order valence-corrected chi connectivity index (χ1v) is 8.19. The van der Waals surface area contributed by atoms with Crippen molar-refractivity contribution in [3.8, 4) is 0 Å². The highest BCUT2D eigenvalue weighted by atomic mass is 35.5. The Balaban J connectivity index is 1.98. The second-order valence-corrected chi connectivity index (χ2v) is 6.77. The minimum Gasteiger partial charge on any atom is -0.268 e. The third kappa shape index (κ3) is 3.16. The molecule has 1 aliphatic heterocycles. The number of nitrogens with zero attached hydrogens (tertiary/aromatic N) is 3. The van der Waals surface area contributed by atoms with Gasteiger partial charge in [0.1, 0.15) is 0 Å². The Bertz CT molecular complexity index is 887. The number of thiocarbonyl (C=S) groups is 1. The zero-order valence-electron chi connectivity index (χ0n) is 11.9. The molecule has 9 heteroatoms. The van der Waals surface area contributed by atoms with Gasteiger partial charge in [-0.2, -0.15) is 0 Å². The second-order valence-electron chi connectivity index (χ2n) is 4.69. The van der Waals surface area contributed by atoms with Crippen molar-refractivity contribution < 1.29 is 9.72 Å². The van der Waals surface area contributed by atoms with Crippen molar-refractivity contribution in [2.75, 3.05) is 4.90 Å². The summed E-state index contributed by atoms with van der Waals surface area (Å²) >= 11 is 12.4. The predicted molar refractivity (Wildman–Crippen MR) is 98.0 cm³/mol. The van der Waals surface area contributed by atoms with Gasteiger partial charge in [-0.25, -0.2) is 0 Å². The Labute approximate surface area is 151 Å². The molecular formula is C15H8ClN3O3S2. The molecule has 0 atom stereocenters. The van der Waals surface area contributed by atoms with E-state index >= 15 is 0 Å². The van der Waals surface area contributed by atoms with Gasteiger partial charge in [-0.15, -0.1) is 0 Å². The molecule has 120 valence electrons. The van der Waals surface area contributed by atoms with Crippen molar-refractivity contribution in [1.29, 1.82) is 0 Å². The second kappa shape index (κ2) is 6.68. The summed E-state index contributed by atoms with van der Waals surface area (Å²) in [5.41, 5.74) is 0.847. The molecule has 1 fully saturated rings. The summed E-state index contributed by atoms with van der Waals surface area (Å²) in [7, 11) is 0. The van der Waals surface area contributed by atoms with Crippen LogP contribution in [-0.4, -0.2) is 20.1 Å². The summed E-state index contributed by atoms with van der Waals surface area (Å²) < 4.78 is 0.362. The Morgan fingerprint density at radius 2 is 2.17 bits per heavy atom. The first kappa shape index (κ1) is 16.6. The number of anilines is 1. The first-order chi connectivity index (χ1) is 11.5. The number of carbonyl (C=O) groups excluding carboxylic acids is 1. The van der Waals surface area contributed by atoms with E-state index in [0.717, 1.165) is 11.8 Å². The fourth-order valence-corrected chi connectivity index (χ4v) is 3.53. The fourth-order valence-electron chi connectivity index (χ4n) is 2.07. The van der Waals surface area contributed by atoms with E-state index < -0.39 is 4.92 Å². The lowest BCUT2D eigenvalue weighted by atomic mass is 10.2. The molecule has 1 aromatic carbocycles. The van der Waals surface area contributed by atoms with Gasteiger partial charge >= 0.3 is 0 Å². The average molecular weight is 378 g/mol. The number of pyridine rings is 1. The van der Waals surface area contributed by atoms with E-state index in [4.69, 9.17) is 23.8 Å². The van der Waals surface area contributed by atoms with E-state index in [9.17, 15) is 14.9 Å². The van der Waals surface area contributed by atoms with Gasteiger partial charge in [-0.05, 0) is 24.3 Å². The van der Waals surface area contributed by atoms with Crippen LogP contribution >= 0.6 is 35.6 Å². The van der Waals surface area contributed by atoms with E-state index in [-0.39, 0.29) is 11.6 Å². The van der Waals surface area contributed by atoms with E-state index in [1.54, 1.807) is 18.3 Å². The van der Waals surface area contributed by atoms with E-state index in [1.807, 2.05) is 0 Å². The Morgan fingerprint density at radius 3 is 2.83 bits per heavy atom. The van der Waals surface area contributed by atoms with Gasteiger partial charge in [0.25, 0.3) is 11.6 Å². The highest BCUT2D eigenvalue weighted by molar-refractivity contribution is 8.27. The summed E-state index contributed by atoms with van der Waals surface area (Å²) in [5.74, 6) is -0.319. The third-order valence-corrected chi connectivity index (χ3v) is 4.82. The summed E-state index contributed by atoms with van der Waals surface area (Å²) in [6.07, 6.45) is 4.64. The molecule has 0 radical (unpaired) electrons. The number of non-ortho nitro benzene ring substituents is 1. The van der Waals surface area contributed by atoms with Crippen LogP contribution in [0.4, 0.5) is 11.4 Å². The summed E-state index contributed by atoms with van der Waals surface area (Å²) in [6.45, 7) is 0. The summed E-state index contributed by atoms with van der Waals surface area (Å²) in [4.78, 5) is 28.6. The van der Waals surface area contributed by atoms with Crippen molar-refractivity contribution in [3.05, 3.63) is 68.3 Å². The van der Waals surface area contributed by atoms with Crippen LogP contribution in [0.25, 0.3) is 6.08 Å². The summed E-state index contributed by atoms with van der Waals surface area (Å²) in [6, 6.07) is 7.48. The number of hydrogen-bond acceptors (Lipinski definition) is 6. The van der Waals surface area contributed by atoms with Crippen LogP contribution in [0.3, 0.4) is 0 Å². The van der Waals surface area contributed by atoms with Crippen LogP contribution in [0.1, 0.15) is 5.56 Å². The Kier molecular flexibility index (Phi) is 4.61. The lowest BCUT2D eigenvalue weighted by molar-refractivity contribution is -0.384. The zero-order chi connectivity index (χ0) is 17.3. The minimum absolute atomic E-state index is 0.103. The molecule has 0 N–H and O–H groups in total. The van der Waals surface area contributed by atoms with Crippen LogP contribution in [-0.2, 0) is 4.79 Å². The smallest absolute Gasteiger partial charge is 0.268 e. The van der Waals surface area contributed by atoms with Crippen molar-refractivity contribution in [2.45, 2.75) is 0 Å². The number of rotatable bonds is 3. The highest BCUT2D eigenvalue weighted by Gasteiger charge is 2.33. The van der Waals surface area contributed by atoms with Crippen LogP contribution in [0.2, 0.25) is 5.02 Å². The lowest BCUT2D eigenvalue weighted by Crippen LogP contribution is -2.27. The maximum Gasteiger partial charge on any atom is 0.270 e. The SMILES string of the molecule is O=C1/C(=C/c2cc([N+](=O)[O-])ccc2Cl)SC(=S)N1c1cccnc1. The van der Waals surface area contributed by atoms with Gasteiger partial charge in [-0.3, -0.25) is 24.8 Å². The molecule has 6 nitrogen and oxygen atoms in total. The molecule has 1 saturated heterocycles. The van der Waals surface area contributed by atoms with E-state index in [2.05, 4.69) is 4.98 Å². The zero-order valence-corrected chi connectivity index (χ0v) is 14.3. The molecule has 0 spiro atoms. The molecule has 0 unspecified atom stereocenters. The van der Waals surface area contributed by atoms with Gasteiger partial charge < -0.3 is 0 Å². The predicted octanol–water partition coefficient (Wildman–Crippen LogP) is 4.05. The van der Waals surface area contributed by atoms with Crippen LogP contribution in [0.5, 0.6) is 0 Å². The maximum atomic E-state index is 12.6. The van der Waals surface area contributed by atoms with Crippen molar-refractivity contribution in [1.82, 2.24) is 4.98 Å². The molecule has 24 heavy (non-hydrogen) atoms. The number of benzene rings is 1. The van der Waals surface area contributed by atoms with E-state index in [0.29, 0.717) is 25.5 Å². The normalized spacial score (nSPS) is 16.0. The quantitative estimate of drug-likeness (QED) is 0.347. The molecule has 0 bridgehead atoms. The number of thioether (sulfide) groups is 1. The van der Waals surface area contributed by atoms with Crippen molar-refractivity contribution in [3.63, 3.8) is 0 Å². The number of halogens is 1.